The van der Waals surface area contributed by atoms with Crippen LogP contribution >= 0.6 is 11.3 Å². The highest BCUT2D eigenvalue weighted by Crippen LogP contribution is 2.37. The molecule has 156 valence electrons. The number of anilines is 1. The molecule has 31 heavy (non-hydrogen) atoms. The fraction of sp³-hybridized carbons (Fsp3) is 0.217. The highest BCUT2D eigenvalue weighted by molar-refractivity contribution is 7.16. The average Bonchev–Trinajstić information content (AvgIpc) is 3.16. The van der Waals surface area contributed by atoms with E-state index in [-0.39, 0.29) is 12.0 Å². The van der Waals surface area contributed by atoms with Crippen molar-refractivity contribution in [3.63, 3.8) is 0 Å². The van der Waals surface area contributed by atoms with Gasteiger partial charge in [-0.05, 0) is 41.8 Å². The van der Waals surface area contributed by atoms with Crippen molar-refractivity contribution in [3.05, 3.63) is 82.0 Å². The third kappa shape index (κ3) is 4.73. The van der Waals surface area contributed by atoms with E-state index in [0.717, 1.165) is 16.0 Å². The Labute approximate surface area is 183 Å². The number of nitrogens with one attached hydrogen (secondary N) is 1. The van der Waals surface area contributed by atoms with E-state index < -0.39 is 0 Å². The predicted molar refractivity (Wildman–Crippen MR) is 117 cm³/mol. The molecule has 0 fully saturated rings. The summed E-state index contributed by atoms with van der Waals surface area (Å²) in [6.07, 6.45) is 4.22. The quantitative estimate of drug-likeness (QED) is 0.657. The molecule has 1 aliphatic rings. The smallest absolute Gasteiger partial charge is 0.410 e. The summed E-state index contributed by atoms with van der Waals surface area (Å²) in [4.78, 5) is 31.5. The van der Waals surface area contributed by atoms with Crippen LogP contribution in [0.4, 0.5) is 9.80 Å². The summed E-state index contributed by atoms with van der Waals surface area (Å²) in [6.45, 7) is 1.13. The highest BCUT2D eigenvalue weighted by Gasteiger charge is 2.28. The van der Waals surface area contributed by atoms with Crippen LogP contribution < -0.4 is 5.32 Å². The van der Waals surface area contributed by atoms with Crippen LogP contribution in [0.3, 0.4) is 0 Å². The number of nitrogens with zero attached hydrogens (tertiary/aromatic N) is 3. The molecule has 8 heteroatoms. The number of nitriles is 1. The average molecular weight is 433 g/mol. The normalized spacial score (nSPS) is 12.5. The van der Waals surface area contributed by atoms with E-state index in [9.17, 15) is 14.9 Å². The van der Waals surface area contributed by atoms with Gasteiger partial charge in [0, 0.05) is 35.8 Å². The lowest BCUT2D eigenvalue weighted by atomic mass is 10.0. The first-order valence-electron chi connectivity index (χ1n) is 9.87. The number of hydrogen-bond donors (Lipinski definition) is 1. The molecule has 0 spiro atoms. The molecule has 0 atom stereocenters. The molecule has 1 aliphatic heterocycles. The van der Waals surface area contributed by atoms with E-state index in [2.05, 4.69) is 16.4 Å². The Morgan fingerprint density at radius 3 is 2.71 bits per heavy atom. The van der Waals surface area contributed by atoms with Gasteiger partial charge < -0.3 is 15.0 Å². The van der Waals surface area contributed by atoms with Gasteiger partial charge in [-0.3, -0.25) is 9.78 Å². The Morgan fingerprint density at radius 2 is 1.97 bits per heavy atom. The fourth-order valence-corrected chi connectivity index (χ4v) is 4.64. The SMILES string of the molecule is N#Cc1c(NC(=O)c2ccccc2)sc2c1CCN(C(=O)OCCc1ccncc1)C2. The van der Waals surface area contributed by atoms with Crippen molar-refractivity contribution in [1.29, 1.82) is 5.26 Å². The summed E-state index contributed by atoms with van der Waals surface area (Å²) in [5, 5.41) is 13.0. The molecule has 2 aromatic heterocycles. The van der Waals surface area contributed by atoms with Gasteiger partial charge in [-0.1, -0.05) is 18.2 Å². The zero-order valence-corrected chi connectivity index (χ0v) is 17.5. The van der Waals surface area contributed by atoms with Crippen LogP contribution in [0.2, 0.25) is 0 Å². The van der Waals surface area contributed by atoms with Gasteiger partial charge in [0.05, 0.1) is 18.7 Å². The van der Waals surface area contributed by atoms with Crippen molar-refractivity contribution in [2.45, 2.75) is 19.4 Å². The number of thiophene rings is 1. The number of carbonyl (C=O) groups excluding carboxylic acids is 2. The maximum atomic E-state index is 12.5. The molecule has 1 N–H and O–H groups in total. The van der Waals surface area contributed by atoms with Crippen LogP contribution in [0.1, 0.15) is 31.9 Å². The third-order valence-electron chi connectivity index (χ3n) is 5.06. The Morgan fingerprint density at radius 1 is 1.19 bits per heavy atom. The topological polar surface area (TPSA) is 95.3 Å². The monoisotopic (exact) mass is 432 g/mol. The molecule has 0 saturated heterocycles. The van der Waals surface area contributed by atoms with Crippen LogP contribution in [-0.2, 0) is 24.1 Å². The van der Waals surface area contributed by atoms with Crippen LogP contribution in [-0.4, -0.2) is 35.0 Å². The molecule has 0 radical (unpaired) electrons. The van der Waals surface area contributed by atoms with E-state index in [1.165, 1.54) is 11.3 Å². The lowest BCUT2D eigenvalue weighted by Crippen LogP contribution is -2.36. The number of benzene rings is 1. The van der Waals surface area contributed by atoms with Crippen molar-refractivity contribution < 1.29 is 14.3 Å². The maximum Gasteiger partial charge on any atom is 0.410 e. The molecule has 3 aromatic rings. The first-order chi connectivity index (χ1) is 15.2. The third-order valence-corrected chi connectivity index (χ3v) is 6.19. The molecule has 1 aromatic carbocycles. The minimum Gasteiger partial charge on any atom is -0.449 e. The van der Waals surface area contributed by atoms with Gasteiger partial charge in [0.15, 0.2) is 0 Å². The second-order valence-corrected chi connectivity index (χ2v) is 8.14. The Hall–Kier alpha value is -3.70. The molecule has 0 saturated carbocycles. The Bertz CT molecular complexity index is 1120. The molecule has 4 rings (SSSR count). The highest BCUT2D eigenvalue weighted by atomic mass is 32.1. The summed E-state index contributed by atoms with van der Waals surface area (Å²) in [7, 11) is 0. The largest absolute Gasteiger partial charge is 0.449 e. The minimum atomic E-state index is -0.374. The van der Waals surface area contributed by atoms with Crippen LogP contribution in [0, 0.1) is 11.3 Å². The summed E-state index contributed by atoms with van der Waals surface area (Å²) in [6, 6.07) is 14.9. The second-order valence-electron chi connectivity index (χ2n) is 7.03. The molecule has 0 unspecified atom stereocenters. The molecule has 3 heterocycles. The van der Waals surface area contributed by atoms with E-state index in [1.807, 2.05) is 18.2 Å². The van der Waals surface area contributed by atoms with E-state index >= 15 is 0 Å². The van der Waals surface area contributed by atoms with Crippen molar-refractivity contribution in [2.75, 3.05) is 18.5 Å². The zero-order valence-electron chi connectivity index (χ0n) is 16.7. The lowest BCUT2D eigenvalue weighted by molar-refractivity contribution is 0.0991. The van der Waals surface area contributed by atoms with Gasteiger partial charge in [0.25, 0.3) is 5.91 Å². The Balaban J connectivity index is 1.40. The summed E-state index contributed by atoms with van der Waals surface area (Å²) < 4.78 is 5.42. The summed E-state index contributed by atoms with van der Waals surface area (Å²) in [5.41, 5.74) is 2.96. The fourth-order valence-electron chi connectivity index (χ4n) is 3.43. The van der Waals surface area contributed by atoms with Crippen molar-refractivity contribution in [1.82, 2.24) is 9.88 Å². The van der Waals surface area contributed by atoms with Crippen LogP contribution in [0.5, 0.6) is 0 Å². The maximum absolute atomic E-state index is 12.5. The van der Waals surface area contributed by atoms with Gasteiger partial charge in [-0.2, -0.15) is 5.26 Å². The molecule has 0 bridgehead atoms. The lowest BCUT2D eigenvalue weighted by Gasteiger charge is -2.26. The van der Waals surface area contributed by atoms with Crippen molar-refractivity contribution >= 4 is 28.3 Å². The number of amides is 2. The van der Waals surface area contributed by atoms with Gasteiger partial charge in [0.2, 0.25) is 0 Å². The number of pyridine rings is 1. The van der Waals surface area contributed by atoms with Gasteiger partial charge in [-0.15, -0.1) is 11.3 Å². The Kier molecular flexibility index (Phi) is 6.24. The predicted octanol–water partition coefficient (Wildman–Crippen LogP) is 4.00. The molecular weight excluding hydrogens is 412 g/mol. The number of fused-ring (bicyclic) bond motifs is 1. The van der Waals surface area contributed by atoms with Crippen LogP contribution in [0.25, 0.3) is 0 Å². The first kappa shape index (κ1) is 20.6. The number of aromatic nitrogens is 1. The zero-order chi connectivity index (χ0) is 21.6. The van der Waals surface area contributed by atoms with E-state index in [0.29, 0.717) is 48.7 Å². The standard InChI is InChI=1S/C23H20N4O3S/c24-14-19-18-8-12-27(23(29)30-13-9-16-6-10-25-11-7-16)15-20(18)31-22(19)26-21(28)17-4-2-1-3-5-17/h1-7,10-11H,8-9,12-13,15H2,(H,26,28). The number of hydrogen-bond acceptors (Lipinski definition) is 6. The second kappa shape index (κ2) is 9.41. The van der Waals surface area contributed by atoms with E-state index in [1.54, 1.807) is 41.6 Å². The number of ether oxygens (including phenoxy) is 1. The molecule has 7 nitrogen and oxygen atoms in total. The first-order valence-corrected chi connectivity index (χ1v) is 10.7. The summed E-state index contributed by atoms with van der Waals surface area (Å²) >= 11 is 1.34. The van der Waals surface area contributed by atoms with Gasteiger partial charge in [-0.25, -0.2) is 4.79 Å². The number of carbonyl (C=O) groups is 2. The van der Waals surface area contributed by atoms with Gasteiger partial charge >= 0.3 is 6.09 Å². The van der Waals surface area contributed by atoms with Gasteiger partial charge in [0.1, 0.15) is 11.1 Å². The van der Waals surface area contributed by atoms with Crippen LogP contribution in [0.15, 0.2) is 54.9 Å². The van der Waals surface area contributed by atoms with Crippen molar-refractivity contribution in [2.24, 2.45) is 0 Å². The molecule has 2 amide bonds. The molecule has 0 aliphatic carbocycles. The number of rotatable bonds is 5. The minimum absolute atomic E-state index is 0.261. The molecular formula is C23H20N4O3S. The summed E-state index contributed by atoms with van der Waals surface area (Å²) in [5.74, 6) is -0.261. The van der Waals surface area contributed by atoms with E-state index in [4.69, 9.17) is 4.74 Å². The van der Waals surface area contributed by atoms with Crippen molar-refractivity contribution in [3.8, 4) is 6.07 Å².